The van der Waals surface area contributed by atoms with Gasteiger partial charge in [-0.1, -0.05) is 0 Å². The quantitative estimate of drug-likeness (QED) is 0.300. The maximum Gasteiger partial charge on any atom is 0.344 e. The molecule has 0 aromatic heterocycles. The van der Waals surface area contributed by atoms with E-state index in [2.05, 4.69) is 0 Å². The minimum absolute atomic E-state index is 0.161. The molecule has 0 aliphatic rings. The lowest BCUT2D eigenvalue weighted by Crippen LogP contribution is -2.09. The Bertz CT molecular complexity index is 725. The summed E-state index contributed by atoms with van der Waals surface area (Å²) in [5.41, 5.74) is 4.51. The highest BCUT2D eigenvalue weighted by atomic mass is 16.6. The van der Waals surface area contributed by atoms with Crippen molar-refractivity contribution in [2.75, 3.05) is 5.73 Å². The molecule has 0 heterocycles. The zero-order chi connectivity index (χ0) is 16.3. The summed E-state index contributed by atoms with van der Waals surface area (Å²) in [7, 11) is 0. The highest BCUT2D eigenvalue weighted by Crippen LogP contribution is 2.24. The first-order valence-electron chi connectivity index (χ1n) is 5.88. The van der Waals surface area contributed by atoms with E-state index in [0.717, 1.165) is 18.2 Å². The monoisotopic (exact) mass is 303 g/mol. The normalized spacial score (nSPS) is 10.0. The number of esters is 1. The SMILES string of the molecule is Nc1ccc(OC(=O)c2cc([N+](=O)[O-])cc([N+](=O)[O-])c2)cc1. The second-order valence-corrected chi connectivity index (χ2v) is 4.21. The van der Waals surface area contributed by atoms with Gasteiger partial charge in [-0.25, -0.2) is 4.79 Å². The number of carbonyl (C=O) groups excluding carboxylic acids is 1. The fourth-order valence-corrected chi connectivity index (χ4v) is 1.63. The third-order valence-corrected chi connectivity index (χ3v) is 2.65. The van der Waals surface area contributed by atoms with Gasteiger partial charge in [0.05, 0.1) is 21.5 Å². The molecule has 0 radical (unpaired) electrons. The molecule has 22 heavy (non-hydrogen) atoms. The van der Waals surface area contributed by atoms with E-state index < -0.39 is 27.2 Å². The van der Waals surface area contributed by atoms with E-state index in [4.69, 9.17) is 10.5 Å². The number of nitrogens with two attached hydrogens (primary N) is 1. The van der Waals surface area contributed by atoms with Crippen LogP contribution in [0, 0.1) is 20.2 Å². The number of hydrogen-bond donors (Lipinski definition) is 1. The fourth-order valence-electron chi connectivity index (χ4n) is 1.63. The third kappa shape index (κ3) is 3.33. The molecule has 0 fully saturated rings. The average molecular weight is 303 g/mol. The average Bonchev–Trinajstić information content (AvgIpc) is 2.49. The number of rotatable bonds is 4. The van der Waals surface area contributed by atoms with E-state index in [-0.39, 0.29) is 11.3 Å². The first-order valence-corrected chi connectivity index (χ1v) is 5.88. The topological polar surface area (TPSA) is 139 Å². The summed E-state index contributed by atoms with van der Waals surface area (Å²) in [5, 5.41) is 21.5. The molecule has 0 saturated carbocycles. The molecule has 112 valence electrons. The highest BCUT2D eigenvalue weighted by Gasteiger charge is 2.21. The Balaban J connectivity index is 2.34. The lowest BCUT2D eigenvalue weighted by molar-refractivity contribution is -0.394. The molecule has 0 saturated heterocycles. The minimum atomic E-state index is -0.948. The van der Waals surface area contributed by atoms with E-state index in [1.807, 2.05) is 0 Å². The number of non-ortho nitro benzene ring substituents is 2. The zero-order valence-corrected chi connectivity index (χ0v) is 11.0. The van der Waals surface area contributed by atoms with Gasteiger partial charge in [0.1, 0.15) is 5.75 Å². The Kier molecular flexibility index (Phi) is 3.98. The first-order chi connectivity index (χ1) is 10.4. The number of anilines is 1. The minimum Gasteiger partial charge on any atom is -0.423 e. The van der Waals surface area contributed by atoms with Crippen molar-refractivity contribution in [2.45, 2.75) is 0 Å². The van der Waals surface area contributed by atoms with Crippen LogP contribution in [0.3, 0.4) is 0 Å². The summed E-state index contributed by atoms with van der Waals surface area (Å²) in [6.07, 6.45) is 0. The van der Waals surface area contributed by atoms with Gasteiger partial charge in [0, 0.05) is 17.8 Å². The van der Waals surface area contributed by atoms with Crippen LogP contribution in [0.5, 0.6) is 5.75 Å². The summed E-state index contributed by atoms with van der Waals surface area (Å²) in [6, 6.07) is 8.44. The molecule has 0 unspecified atom stereocenters. The van der Waals surface area contributed by atoms with Gasteiger partial charge < -0.3 is 10.5 Å². The predicted molar refractivity (Wildman–Crippen MR) is 75.6 cm³/mol. The van der Waals surface area contributed by atoms with Crippen molar-refractivity contribution < 1.29 is 19.4 Å². The Hall–Kier alpha value is -3.49. The lowest BCUT2D eigenvalue weighted by atomic mass is 10.2. The van der Waals surface area contributed by atoms with Crippen molar-refractivity contribution in [3.63, 3.8) is 0 Å². The van der Waals surface area contributed by atoms with Crippen molar-refractivity contribution in [2.24, 2.45) is 0 Å². The van der Waals surface area contributed by atoms with Gasteiger partial charge in [-0.05, 0) is 24.3 Å². The van der Waals surface area contributed by atoms with E-state index >= 15 is 0 Å². The maximum atomic E-state index is 11.9. The van der Waals surface area contributed by atoms with Crippen LogP contribution in [-0.2, 0) is 0 Å². The summed E-state index contributed by atoms with van der Waals surface area (Å²) >= 11 is 0. The van der Waals surface area contributed by atoms with Gasteiger partial charge in [-0.15, -0.1) is 0 Å². The number of hydrogen-bond acceptors (Lipinski definition) is 7. The Labute approximate surface area is 123 Å². The van der Waals surface area contributed by atoms with Crippen molar-refractivity contribution in [1.29, 1.82) is 0 Å². The van der Waals surface area contributed by atoms with Crippen LogP contribution in [0.1, 0.15) is 10.4 Å². The van der Waals surface area contributed by atoms with Gasteiger partial charge in [-0.3, -0.25) is 20.2 Å². The Morgan fingerprint density at radius 3 is 1.91 bits per heavy atom. The van der Waals surface area contributed by atoms with Crippen molar-refractivity contribution in [1.82, 2.24) is 0 Å². The van der Waals surface area contributed by atoms with Crippen LogP contribution in [0.15, 0.2) is 42.5 Å². The van der Waals surface area contributed by atoms with E-state index in [0.29, 0.717) is 5.69 Å². The Morgan fingerprint density at radius 1 is 0.955 bits per heavy atom. The van der Waals surface area contributed by atoms with Gasteiger partial charge in [0.15, 0.2) is 0 Å². The molecular formula is C13H9N3O6. The molecule has 9 nitrogen and oxygen atoms in total. The molecule has 2 aromatic rings. The van der Waals surface area contributed by atoms with E-state index in [1.165, 1.54) is 24.3 Å². The zero-order valence-electron chi connectivity index (χ0n) is 11.0. The molecule has 2 rings (SSSR count). The van der Waals surface area contributed by atoms with Crippen molar-refractivity contribution >= 4 is 23.0 Å². The number of nitro benzene ring substituents is 2. The highest BCUT2D eigenvalue weighted by molar-refractivity contribution is 5.92. The lowest BCUT2D eigenvalue weighted by Gasteiger charge is -2.04. The molecule has 0 spiro atoms. The molecule has 0 atom stereocenters. The second kappa shape index (κ2) is 5.87. The van der Waals surface area contributed by atoms with Gasteiger partial charge in [0.25, 0.3) is 11.4 Å². The number of carbonyl (C=O) groups is 1. The largest absolute Gasteiger partial charge is 0.423 e. The Morgan fingerprint density at radius 2 is 1.45 bits per heavy atom. The van der Waals surface area contributed by atoms with E-state index in [1.54, 1.807) is 0 Å². The fraction of sp³-hybridized carbons (Fsp3) is 0. The molecule has 0 bridgehead atoms. The summed E-state index contributed by atoms with van der Waals surface area (Å²) in [5.74, 6) is -0.787. The van der Waals surface area contributed by atoms with Crippen LogP contribution in [0.4, 0.5) is 17.1 Å². The maximum absolute atomic E-state index is 11.9. The first kappa shape index (κ1) is 14.9. The van der Waals surface area contributed by atoms with Gasteiger partial charge >= 0.3 is 5.97 Å². The van der Waals surface area contributed by atoms with Crippen LogP contribution < -0.4 is 10.5 Å². The summed E-state index contributed by atoms with van der Waals surface area (Å²) in [6.45, 7) is 0. The third-order valence-electron chi connectivity index (χ3n) is 2.65. The molecule has 2 aromatic carbocycles. The molecule has 9 heteroatoms. The molecular weight excluding hydrogens is 294 g/mol. The number of nitro groups is 2. The molecule has 0 aliphatic carbocycles. The van der Waals surface area contributed by atoms with Crippen molar-refractivity contribution in [3.05, 3.63) is 68.3 Å². The van der Waals surface area contributed by atoms with Gasteiger partial charge in [-0.2, -0.15) is 0 Å². The van der Waals surface area contributed by atoms with Crippen LogP contribution in [0.25, 0.3) is 0 Å². The number of nitrogen functional groups attached to an aromatic ring is 1. The summed E-state index contributed by atoms with van der Waals surface area (Å²) < 4.78 is 4.99. The molecule has 0 aliphatic heterocycles. The number of nitrogens with zero attached hydrogens (tertiary/aromatic N) is 2. The molecule has 2 N–H and O–H groups in total. The smallest absolute Gasteiger partial charge is 0.344 e. The standard InChI is InChI=1S/C13H9N3O6/c14-9-1-3-12(4-2-9)22-13(17)8-5-10(15(18)19)7-11(6-8)16(20)21/h1-7H,14H2. The van der Waals surface area contributed by atoms with Crippen LogP contribution >= 0.6 is 0 Å². The summed E-state index contributed by atoms with van der Waals surface area (Å²) in [4.78, 5) is 31.8. The van der Waals surface area contributed by atoms with Gasteiger partial charge in [0.2, 0.25) is 0 Å². The number of ether oxygens (including phenoxy) is 1. The molecule has 0 amide bonds. The second-order valence-electron chi connectivity index (χ2n) is 4.21. The number of benzene rings is 2. The van der Waals surface area contributed by atoms with Crippen molar-refractivity contribution in [3.8, 4) is 5.75 Å². The van der Waals surface area contributed by atoms with E-state index in [9.17, 15) is 25.0 Å². The predicted octanol–water partition coefficient (Wildman–Crippen LogP) is 2.30. The van der Waals surface area contributed by atoms with Crippen LogP contribution in [0.2, 0.25) is 0 Å². The van der Waals surface area contributed by atoms with Crippen LogP contribution in [-0.4, -0.2) is 15.8 Å².